The fourth-order valence-electron chi connectivity index (χ4n) is 3.97. The van der Waals surface area contributed by atoms with Gasteiger partial charge in [-0.05, 0) is 73.2 Å². The van der Waals surface area contributed by atoms with Crippen molar-refractivity contribution in [3.05, 3.63) is 54.2 Å². The van der Waals surface area contributed by atoms with Crippen LogP contribution < -0.4 is 4.74 Å². The van der Waals surface area contributed by atoms with Gasteiger partial charge < -0.3 is 9.72 Å². The second-order valence-electron chi connectivity index (χ2n) is 8.06. The normalized spacial score (nSPS) is 14.4. The second kappa shape index (κ2) is 8.09. The highest BCUT2D eigenvalue weighted by atomic mass is 127. The molecule has 7 heteroatoms. The summed E-state index contributed by atoms with van der Waals surface area (Å²) in [5, 5.41) is 1.80. The van der Waals surface area contributed by atoms with Crippen molar-refractivity contribution >= 4 is 54.4 Å². The van der Waals surface area contributed by atoms with E-state index in [1.54, 1.807) is 12.1 Å². The summed E-state index contributed by atoms with van der Waals surface area (Å²) < 4.78 is 32.7. The molecule has 5 nitrogen and oxygen atoms in total. The van der Waals surface area contributed by atoms with Gasteiger partial charge in [-0.25, -0.2) is 13.4 Å². The van der Waals surface area contributed by atoms with Crippen LogP contribution in [0.15, 0.2) is 53.6 Å². The molecule has 0 amide bonds. The number of hydrogen-bond acceptors (Lipinski definition) is 4. The van der Waals surface area contributed by atoms with Crippen molar-refractivity contribution in [2.45, 2.75) is 36.3 Å². The van der Waals surface area contributed by atoms with Gasteiger partial charge in [0.25, 0.3) is 0 Å². The van der Waals surface area contributed by atoms with E-state index in [4.69, 9.17) is 4.74 Å². The zero-order chi connectivity index (χ0) is 21.6. The molecule has 0 bridgehead atoms. The first-order valence-electron chi connectivity index (χ1n) is 10.4. The first-order valence-corrected chi connectivity index (χ1v) is 13.5. The largest absolute Gasteiger partial charge is 0.491 e. The Hall–Kier alpha value is -2.13. The highest BCUT2D eigenvalue weighted by molar-refractivity contribution is 14.1. The molecule has 0 aliphatic heterocycles. The number of pyridine rings is 1. The van der Waals surface area contributed by atoms with Crippen molar-refractivity contribution < 1.29 is 13.2 Å². The maximum atomic E-state index is 12.8. The van der Waals surface area contributed by atoms with E-state index in [2.05, 4.69) is 38.6 Å². The standard InChI is InChI=1S/C24H23IN2O3S/c1-15-12-20-22-19(16-4-2-5-18(13-16)31(28,29)17-6-7-17)8-9-21(30-11-3-10-25)23(22)27-24(20)26-14-15/h2,4-5,8-9,12-14,17H,3,6-7,10-11H2,1H3,(H,26,27). The first-order chi connectivity index (χ1) is 15.0. The highest BCUT2D eigenvalue weighted by Gasteiger charge is 2.37. The topological polar surface area (TPSA) is 72.0 Å². The Balaban J connectivity index is 1.71. The number of H-pyrrole nitrogens is 1. The van der Waals surface area contributed by atoms with E-state index in [0.717, 1.165) is 68.1 Å². The molecule has 31 heavy (non-hydrogen) atoms. The number of aromatic nitrogens is 2. The molecule has 4 aromatic rings. The zero-order valence-corrected chi connectivity index (χ0v) is 20.2. The van der Waals surface area contributed by atoms with Crippen LogP contribution in [0.5, 0.6) is 5.75 Å². The van der Waals surface area contributed by atoms with Crippen molar-refractivity contribution in [2.75, 3.05) is 11.0 Å². The van der Waals surface area contributed by atoms with Gasteiger partial charge in [-0.1, -0.05) is 34.7 Å². The zero-order valence-electron chi connectivity index (χ0n) is 17.2. The van der Waals surface area contributed by atoms with Crippen LogP contribution in [0.4, 0.5) is 0 Å². The fourth-order valence-corrected chi connectivity index (χ4v) is 5.99. The summed E-state index contributed by atoms with van der Waals surface area (Å²) in [6.07, 6.45) is 4.33. The van der Waals surface area contributed by atoms with Crippen molar-refractivity contribution in [3.63, 3.8) is 0 Å². The predicted molar refractivity (Wildman–Crippen MR) is 133 cm³/mol. The number of hydrogen-bond donors (Lipinski definition) is 1. The van der Waals surface area contributed by atoms with Crippen LogP contribution in [0.1, 0.15) is 24.8 Å². The van der Waals surface area contributed by atoms with Gasteiger partial charge >= 0.3 is 0 Å². The number of ether oxygens (including phenoxy) is 1. The van der Waals surface area contributed by atoms with E-state index in [9.17, 15) is 8.42 Å². The summed E-state index contributed by atoms with van der Waals surface area (Å²) in [7, 11) is -3.25. The minimum Gasteiger partial charge on any atom is -0.491 e. The molecule has 2 aromatic carbocycles. The van der Waals surface area contributed by atoms with Crippen LogP contribution in [0.25, 0.3) is 33.1 Å². The van der Waals surface area contributed by atoms with Crippen LogP contribution in [-0.4, -0.2) is 34.7 Å². The Kier molecular flexibility index (Phi) is 5.42. The van der Waals surface area contributed by atoms with Crippen LogP contribution in [0.3, 0.4) is 0 Å². The van der Waals surface area contributed by atoms with Gasteiger partial charge in [0.1, 0.15) is 11.4 Å². The SMILES string of the molecule is Cc1cnc2[nH]c3c(OCCCI)ccc(-c4cccc(S(=O)(=O)C5CC5)c4)c3c2c1. The molecule has 1 saturated carbocycles. The molecule has 0 spiro atoms. The second-order valence-corrected chi connectivity index (χ2v) is 11.4. The summed E-state index contributed by atoms with van der Waals surface area (Å²) in [5.74, 6) is 0.793. The fraction of sp³-hybridized carbons (Fsp3) is 0.292. The number of nitrogens with one attached hydrogen (secondary N) is 1. The first kappa shape index (κ1) is 20.8. The van der Waals surface area contributed by atoms with Gasteiger partial charge in [-0.15, -0.1) is 0 Å². The molecule has 0 atom stereocenters. The third-order valence-electron chi connectivity index (χ3n) is 5.68. The number of alkyl halides is 1. The maximum Gasteiger partial charge on any atom is 0.181 e. The number of fused-ring (bicyclic) bond motifs is 3. The Morgan fingerprint density at radius 3 is 2.81 bits per heavy atom. The number of aromatic amines is 1. The molecule has 5 rings (SSSR count). The quantitative estimate of drug-likeness (QED) is 0.180. The lowest BCUT2D eigenvalue weighted by Crippen LogP contribution is -2.06. The lowest BCUT2D eigenvalue weighted by molar-refractivity contribution is 0.323. The molecule has 0 radical (unpaired) electrons. The Morgan fingerprint density at radius 1 is 1.19 bits per heavy atom. The molecule has 1 aliphatic rings. The monoisotopic (exact) mass is 546 g/mol. The molecule has 0 unspecified atom stereocenters. The summed E-state index contributed by atoms with van der Waals surface area (Å²) in [6, 6.07) is 13.4. The highest BCUT2D eigenvalue weighted by Crippen LogP contribution is 2.40. The number of aryl methyl sites for hydroxylation is 1. The summed E-state index contributed by atoms with van der Waals surface area (Å²) in [5.41, 5.74) is 4.62. The smallest absolute Gasteiger partial charge is 0.181 e. The third-order valence-corrected chi connectivity index (χ3v) is 8.70. The van der Waals surface area contributed by atoms with Crippen LogP contribution in [0.2, 0.25) is 0 Å². The number of benzene rings is 2. The molecule has 1 aliphatic carbocycles. The molecular weight excluding hydrogens is 523 g/mol. The average molecular weight is 546 g/mol. The van der Waals surface area contributed by atoms with Crippen LogP contribution >= 0.6 is 22.6 Å². The van der Waals surface area contributed by atoms with Crippen molar-refractivity contribution in [1.29, 1.82) is 0 Å². The molecule has 160 valence electrons. The lowest BCUT2D eigenvalue weighted by Gasteiger charge is -2.11. The Labute approximate surface area is 195 Å². The molecule has 1 fully saturated rings. The molecule has 2 heterocycles. The van der Waals surface area contributed by atoms with Gasteiger partial charge in [-0.2, -0.15) is 0 Å². The van der Waals surface area contributed by atoms with Crippen LogP contribution in [0, 0.1) is 6.92 Å². The Bertz CT molecular complexity index is 1390. The summed E-state index contributed by atoms with van der Waals surface area (Å²) in [6.45, 7) is 2.67. The maximum absolute atomic E-state index is 12.8. The number of nitrogens with zero attached hydrogens (tertiary/aromatic N) is 1. The summed E-state index contributed by atoms with van der Waals surface area (Å²) in [4.78, 5) is 8.40. The van der Waals surface area contributed by atoms with E-state index in [1.165, 1.54) is 0 Å². The average Bonchev–Trinajstić information content (AvgIpc) is 3.56. The van der Waals surface area contributed by atoms with Gasteiger partial charge in [-0.3, -0.25) is 0 Å². The van der Waals surface area contributed by atoms with Crippen LogP contribution in [-0.2, 0) is 9.84 Å². The van der Waals surface area contributed by atoms with Crippen molar-refractivity contribution in [2.24, 2.45) is 0 Å². The van der Waals surface area contributed by atoms with Gasteiger partial charge in [0.05, 0.1) is 22.3 Å². The van der Waals surface area contributed by atoms with Crippen molar-refractivity contribution in [3.8, 4) is 16.9 Å². The number of sulfone groups is 1. The van der Waals surface area contributed by atoms with E-state index in [1.807, 2.05) is 37.4 Å². The number of halogens is 1. The van der Waals surface area contributed by atoms with Gasteiger partial charge in [0.15, 0.2) is 9.84 Å². The van der Waals surface area contributed by atoms with E-state index < -0.39 is 9.84 Å². The Morgan fingerprint density at radius 2 is 2.03 bits per heavy atom. The van der Waals surface area contributed by atoms with E-state index in [-0.39, 0.29) is 5.25 Å². The molecule has 2 aromatic heterocycles. The predicted octanol–water partition coefficient (Wildman–Crippen LogP) is 5.83. The van der Waals surface area contributed by atoms with Gasteiger partial charge in [0.2, 0.25) is 0 Å². The molecular formula is C24H23IN2O3S. The molecule has 0 saturated heterocycles. The minimum atomic E-state index is -3.25. The molecule has 1 N–H and O–H groups in total. The summed E-state index contributed by atoms with van der Waals surface area (Å²) >= 11 is 2.35. The minimum absolute atomic E-state index is 0.226. The lowest BCUT2D eigenvalue weighted by atomic mass is 9.99. The van der Waals surface area contributed by atoms with Gasteiger partial charge in [0, 0.05) is 21.4 Å². The number of rotatable bonds is 7. The van der Waals surface area contributed by atoms with E-state index >= 15 is 0 Å². The third kappa shape index (κ3) is 3.82. The van der Waals surface area contributed by atoms with E-state index in [0.29, 0.717) is 11.5 Å². The van der Waals surface area contributed by atoms with Crippen molar-refractivity contribution in [1.82, 2.24) is 9.97 Å².